The van der Waals surface area contributed by atoms with Crippen LogP contribution in [0.15, 0.2) is 66.8 Å². The summed E-state index contributed by atoms with van der Waals surface area (Å²) >= 11 is 0. The molecule has 1 aromatic carbocycles. The van der Waals surface area contributed by atoms with Gasteiger partial charge in [0.2, 0.25) is 0 Å². The highest BCUT2D eigenvalue weighted by molar-refractivity contribution is 6.10. The Morgan fingerprint density at radius 2 is 1.87 bits per heavy atom. The molecule has 1 heteroatoms. The molecule has 0 bridgehead atoms. The zero-order valence-electron chi connectivity index (χ0n) is 8.81. The summed E-state index contributed by atoms with van der Waals surface area (Å²) in [4.78, 5) is 11.8. The third-order valence-electron chi connectivity index (χ3n) is 1.93. The van der Waals surface area contributed by atoms with Gasteiger partial charge in [-0.2, -0.15) is 0 Å². The minimum Gasteiger partial charge on any atom is -0.289 e. The monoisotopic (exact) mass is 198 g/mol. The summed E-state index contributed by atoms with van der Waals surface area (Å²) in [6.07, 6.45) is 7.29. The third-order valence-corrected chi connectivity index (χ3v) is 1.93. The van der Waals surface area contributed by atoms with E-state index in [9.17, 15) is 4.79 Å². The molecule has 0 radical (unpaired) electrons. The number of carbonyl (C=O) groups is 1. The van der Waals surface area contributed by atoms with Crippen molar-refractivity contribution in [2.45, 2.75) is 6.92 Å². The van der Waals surface area contributed by atoms with E-state index in [-0.39, 0.29) is 5.78 Å². The fraction of sp³-hybridized carbons (Fsp3) is 0.0714. The Hall–Kier alpha value is -1.89. The summed E-state index contributed by atoms with van der Waals surface area (Å²) in [6.45, 7) is 5.66. The minimum atomic E-state index is -0.0312. The largest absolute Gasteiger partial charge is 0.289 e. The summed E-state index contributed by atoms with van der Waals surface area (Å²) < 4.78 is 0. The van der Waals surface area contributed by atoms with Gasteiger partial charge >= 0.3 is 0 Å². The number of carbonyl (C=O) groups excluding carboxylic acids is 1. The van der Waals surface area contributed by atoms with Gasteiger partial charge in [-0.1, -0.05) is 61.2 Å². The maximum atomic E-state index is 11.8. The van der Waals surface area contributed by atoms with Gasteiger partial charge in [0, 0.05) is 11.1 Å². The lowest BCUT2D eigenvalue weighted by atomic mass is 10.0. The normalized spacial score (nSPS) is 11.0. The van der Waals surface area contributed by atoms with E-state index in [4.69, 9.17) is 0 Å². The fourth-order valence-electron chi connectivity index (χ4n) is 1.13. The zero-order valence-corrected chi connectivity index (χ0v) is 8.81. The number of rotatable bonds is 4. The second-order valence-electron chi connectivity index (χ2n) is 3.11. The van der Waals surface area contributed by atoms with Crippen molar-refractivity contribution in [1.82, 2.24) is 0 Å². The number of Topliss-reactive ketones (excluding diaryl/α,β-unsaturated/α-hetero) is 1. The van der Waals surface area contributed by atoms with Gasteiger partial charge in [0.15, 0.2) is 5.78 Å². The van der Waals surface area contributed by atoms with Gasteiger partial charge in [-0.3, -0.25) is 4.79 Å². The first-order valence-corrected chi connectivity index (χ1v) is 4.83. The average molecular weight is 198 g/mol. The second-order valence-corrected chi connectivity index (χ2v) is 3.11. The first-order chi connectivity index (χ1) is 7.25. The average Bonchev–Trinajstić information content (AvgIpc) is 2.29. The van der Waals surface area contributed by atoms with Gasteiger partial charge in [0.1, 0.15) is 0 Å². The summed E-state index contributed by atoms with van der Waals surface area (Å²) in [5.74, 6) is -0.0312. The molecule has 1 nitrogen and oxygen atoms in total. The molecule has 15 heavy (non-hydrogen) atoms. The van der Waals surface area contributed by atoms with Crippen molar-refractivity contribution in [3.05, 3.63) is 72.4 Å². The van der Waals surface area contributed by atoms with E-state index >= 15 is 0 Å². The highest BCUT2D eigenvalue weighted by Gasteiger charge is 2.05. The molecule has 0 amide bonds. The van der Waals surface area contributed by atoms with E-state index in [0.29, 0.717) is 11.1 Å². The summed E-state index contributed by atoms with van der Waals surface area (Å²) in [6, 6.07) is 9.15. The summed E-state index contributed by atoms with van der Waals surface area (Å²) in [5.41, 5.74) is 1.17. The molecule has 0 heterocycles. The van der Waals surface area contributed by atoms with E-state index in [1.54, 1.807) is 18.2 Å². The molecule has 0 aromatic heterocycles. The van der Waals surface area contributed by atoms with E-state index in [1.807, 2.05) is 43.4 Å². The quantitative estimate of drug-likeness (QED) is 0.410. The van der Waals surface area contributed by atoms with E-state index in [1.165, 1.54) is 0 Å². The standard InChI is InChI=1S/C14H14O/c1-3-4-6-9-12(2)14(15)13-10-7-5-8-11-13/h3-11H,2H2,1H3/b4-3-,9-6-. The van der Waals surface area contributed by atoms with Crippen molar-refractivity contribution in [3.63, 3.8) is 0 Å². The number of allylic oxidation sites excluding steroid dienone is 5. The van der Waals surface area contributed by atoms with Crippen LogP contribution in [0.2, 0.25) is 0 Å². The van der Waals surface area contributed by atoms with E-state index in [2.05, 4.69) is 6.58 Å². The third kappa shape index (κ3) is 3.39. The van der Waals surface area contributed by atoms with Crippen LogP contribution in [0.1, 0.15) is 17.3 Å². The van der Waals surface area contributed by atoms with Crippen molar-refractivity contribution in [1.29, 1.82) is 0 Å². The first kappa shape index (κ1) is 11.2. The lowest BCUT2D eigenvalue weighted by Crippen LogP contribution is -1.99. The number of hydrogen-bond acceptors (Lipinski definition) is 1. The van der Waals surface area contributed by atoms with Crippen LogP contribution in [0.5, 0.6) is 0 Å². The Labute approximate surface area is 90.4 Å². The molecule has 1 aromatic rings. The number of hydrogen-bond donors (Lipinski definition) is 0. The molecule has 0 N–H and O–H groups in total. The van der Waals surface area contributed by atoms with Gasteiger partial charge in [-0.15, -0.1) is 0 Å². The molecular weight excluding hydrogens is 184 g/mol. The summed E-state index contributed by atoms with van der Waals surface area (Å²) in [7, 11) is 0. The van der Waals surface area contributed by atoms with Crippen LogP contribution in [-0.4, -0.2) is 5.78 Å². The predicted octanol–water partition coefficient (Wildman–Crippen LogP) is 3.56. The summed E-state index contributed by atoms with van der Waals surface area (Å²) in [5, 5.41) is 0. The van der Waals surface area contributed by atoms with Gasteiger partial charge in [-0.25, -0.2) is 0 Å². The number of ketones is 1. The zero-order chi connectivity index (χ0) is 11.1. The highest BCUT2D eigenvalue weighted by atomic mass is 16.1. The van der Waals surface area contributed by atoms with Gasteiger partial charge in [0.25, 0.3) is 0 Å². The maximum Gasteiger partial charge on any atom is 0.192 e. The topological polar surface area (TPSA) is 17.1 Å². The van der Waals surface area contributed by atoms with E-state index in [0.717, 1.165) is 0 Å². The van der Waals surface area contributed by atoms with Crippen molar-refractivity contribution in [2.24, 2.45) is 0 Å². The molecule has 1 rings (SSSR count). The van der Waals surface area contributed by atoms with Crippen LogP contribution in [0.4, 0.5) is 0 Å². The highest BCUT2D eigenvalue weighted by Crippen LogP contribution is 2.07. The molecule has 0 fully saturated rings. The van der Waals surface area contributed by atoms with Crippen LogP contribution in [0.25, 0.3) is 0 Å². The smallest absolute Gasteiger partial charge is 0.192 e. The molecule has 0 aliphatic rings. The Morgan fingerprint density at radius 1 is 1.20 bits per heavy atom. The van der Waals surface area contributed by atoms with Gasteiger partial charge in [0.05, 0.1) is 0 Å². The maximum absolute atomic E-state index is 11.8. The van der Waals surface area contributed by atoms with Crippen LogP contribution < -0.4 is 0 Å². The lowest BCUT2D eigenvalue weighted by Gasteiger charge is -1.98. The molecule has 0 spiro atoms. The lowest BCUT2D eigenvalue weighted by molar-refractivity contribution is 0.103. The molecule has 0 saturated heterocycles. The predicted molar refractivity (Wildman–Crippen MR) is 63.9 cm³/mol. The minimum absolute atomic E-state index is 0.0312. The molecule has 0 saturated carbocycles. The van der Waals surface area contributed by atoms with Crippen LogP contribution in [-0.2, 0) is 0 Å². The van der Waals surface area contributed by atoms with Gasteiger partial charge < -0.3 is 0 Å². The molecule has 0 atom stereocenters. The van der Waals surface area contributed by atoms with Crippen molar-refractivity contribution >= 4 is 5.78 Å². The fourth-order valence-corrected chi connectivity index (χ4v) is 1.13. The Kier molecular flexibility index (Phi) is 4.30. The second kappa shape index (κ2) is 5.76. The van der Waals surface area contributed by atoms with E-state index < -0.39 is 0 Å². The van der Waals surface area contributed by atoms with Crippen LogP contribution in [0.3, 0.4) is 0 Å². The van der Waals surface area contributed by atoms with Crippen LogP contribution >= 0.6 is 0 Å². The van der Waals surface area contributed by atoms with Crippen molar-refractivity contribution in [3.8, 4) is 0 Å². The molecule has 0 unspecified atom stereocenters. The Balaban J connectivity index is 2.74. The molecule has 76 valence electrons. The molecular formula is C14H14O. The number of benzene rings is 1. The Bertz CT molecular complexity index is 397. The van der Waals surface area contributed by atoms with Gasteiger partial charge in [-0.05, 0) is 6.92 Å². The first-order valence-electron chi connectivity index (χ1n) is 4.83. The van der Waals surface area contributed by atoms with Crippen molar-refractivity contribution in [2.75, 3.05) is 0 Å². The molecule has 0 aliphatic carbocycles. The Morgan fingerprint density at radius 3 is 2.47 bits per heavy atom. The SMILES string of the molecule is C=C(/C=C\C=C/C)C(=O)c1ccccc1. The van der Waals surface area contributed by atoms with Crippen LogP contribution in [0, 0.1) is 0 Å². The van der Waals surface area contributed by atoms with Crippen molar-refractivity contribution < 1.29 is 4.79 Å². The molecule has 0 aliphatic heterocycles.